The maximum atomic E-state index is 5.57. The van der Waals surface area contributed by atoms with Crippen LogP contribution in [0.2, 0.25) is 0 Å². The second-order valence-electron chi connectivity index (χ2n) is 4.64. The molecular weight excluding hydrogens is 290 g/mol. The van der Waals surface area contributed by atoms with Crippen molar-refractivity contribution in [1.29, 1.82) is 0 Å². The van der Waals surface area contributed by atoms with Gasteiger partial charge in [-0.2, -0.15) is 15.0 Å². The fraction of sp³-hybridized carbons (Fsp3) is 0.583. The lowest BCUT2D eigenvalue weighted by Gasteiger charge is -2.10. The standard InChI is InChI=1S/C12H19N7OS/c1-5-6-13-9-15-10(20-8(2)3)17-11(16-9)21-12-18-14-7-19(12)4/h7-8H,5-6H2,1-4H3,(H,13,15,16,17). The van der Waals surface area contributed by atoms with Gasteiger partial charge in [-0.3, -0.25) is 0 Å². The molecule has 0 saturated carbocycles. The van der Waals surface area contributed by atoms with Crippen LogP contribution >= 0.6 is 11.8 Å². The summed E-state index contributed by atoms with van der Waals surface area (Å²) in [4.78, 5) is 12.9. The molecule has 0 aliphatic carbocycles. The minimum Gasteiger partial charge on any atom is -0.461 e. The van der Waals surface area contributed by atoms with Crippen molar-refractivity contribution in [2.45, 2.75) is 43.6 Å². The number of nitrogens with zero attached hydrogens (tertiary/aromatic N) is 6. The van der Waals surface area contributed by atoms with Crippen LogP contribution in [0.4, 0.5) is 5.95 Å². The van der Waals surface area contributed by atoms with Crippen molar-refractivity contribution in [3.8, 4) is 6.01 Å². The van der Waals surface area contributed by atoms with Gasteiger partial charge in [-0.05, 0) is 32.0 Å². The van der Waals surface area contributed by atoms with Crippen molar-refractivity contribution in [3.63, 3.8) is 0 Å². The van der Waals surface area contributed by atoms with E-state index in [0.29, 0.717) is 22.3 Å². The zero-order chi connectivity index (χ0) is 15.2. The molecule has 1 N–H and O–H groups in total. The maximum absolute atomic E-state index is 5.57. The number of anilines is 1. The van der Waals surface area contributed by atoms with Crippen molar-refractivity contribution < 1.29 is 4.74 Å². The number of nitrogens with one attached hydrogen (secondary N) is 1. The Labute approximate surface area is 127 Å². The summed E-state index contributed by atoms with van der Waals surface area (Å²) in [6.45, 7) is 6.73. The largest absolute Gasteiger partial charge is 0.461 e. The van der Waals surface area contributed by atoms with Gasteiger partial charge in [-0.15, -0.1) is 10.2 Å². The molecule has 2 heterocycles. The summed E-state index contributed by atoms with van der Waals surface area (Å²) in [5.41, 5.74) is 0. The molecule has 0 aliphatic heterocycles. The fourth-order valence-corrected chi connectivity index (χ4v) is 2.11. The second kappa shape index (κ2) is 7.21. The fourth-order valence-electron chi connectivity index (χ4n) is 1.41. The van der Waals surface area contributed by atoms with Gasteiger partial charge in [0.25, 0.3) is 0 Å². The van der Waals surface area contributed by atoms with Gasteiger partial charge in [-0.1, -0.05) is 6.92 Å². The average Bonchev–Trinajstić information content (AvgIpc) is 2.81. The molecule has 21 heavy (non-hydrogen) atoms. The topological polar surface area (TPSA) is 90.6 Å². The number of aromatic nitrogens is 6. The predicted molar refractivity (Wildman–Crippen MR) is 79.5 cm³/mol. The molecule has 114 valence electrons. The van der Waals surface area contributed by atoms with Crippen molar-refractivity contribution in [2.24, 2.45) is 7.05 Å². The lowest BCUT2D eigenvalue weighted by atomic mass is 10.5. The zero-order valence-electron chi connectivity index (χ0n) is 12.6. The van der Waals surface area contributed by atoms with E-state index < -0.39 is 0 Å². The van der Waals surface area contributed by atoms with Gasteiger partial charge in [-0.25, -0.2) is 0 Å². The molecule has 0 bridgehead atoms. The molecule has 2 aromatic rings. The Balaban J connectivity index is 2.23. The van der Waals surface area contributed by atoms with Crippen LogP contribution in [0.15, 0.2) is 16.6 Å². The summed E-state index contributed by atoms with van der Waals surface area (Å²) in [7, 11) is 1.87. The van der Waals surface area contributed by atoms with Gasteiger partial charge in [0, 0.05) is 13.6 Å². The highest BCUT2D eigenvalue weighted by Crippen LogP contribution is 2.24. The summed E-state index contributed by atoms with van der Waals surface area (Å²) in [6.07, 6.45) is 2.61. The monoisotopic (exact) mass is 309 g/mol. The highest BCUT2D eigenvalue weighted by molar-refractivity contribution is 7.99. The highest BCUT2D eigenvalue weighted by Gasteiger charge is 2.12. The third-order valence-corrected chi connectivity index (χ3v) is 3.24. The molecule has 0 unspecified atom stereocenters. The molecule has 0 atom stereocenters. The number of ether oxygens (including phenoxy) is 1. The Bertz CT molecular complexity index is 587. The lowest BCUT2D eigenvalue weighted by molar-refractivity contribution is 0.219. The van der Waals surface area contributed by atoms with Gasteiger partial charge in [0.05, 0.1) is 6.10 Å². The first-order valence-corrected chi connectivity index (χ1v) is 7.58. The Morgan fingerprint density at radius 3 is 2.76 bits per heavy atom. The van der Waals surface area contributed by atoms with E-state index in [9.17, 15) is 0 Å². The molecule has 0 aliphatic rings. The van der Waals surface area contributed by atoms with Crippen LogP contribution in [-0.4, -0.2) is 42.4 Å². The van der Waals surface area contributed by atoms with Crippen molar-refractivity contribution in [1.82, 2.24) is 29.7 Å². The summed E-state index contributed by atoms with van der Waals surface area (Å²) < 4.78 is 7.37. The third-order valence-electron chi connectivity index (χ3n) is 2.32. The number of hydrogen-bond acceptors (Lipinski definition) is 8. The smallest absolute Gasteiger partial charge is 0.322 e. The van der Waals surface area contributed by atoms with Crippen LogP contribution in [0, 0.1) is 0 Å². The van der Waals surface area contributed by atoms with Gasteiger partial charge in [0.1, 0.15) is 6.33 Å². The SMILES string of the molecule is CCCNc1nc(OC(C)C)nc(Sc2nncn2C)n1. The molecule has 0 amide bonds. The Morgan fingerprint density at radius 2 is 2.14 bits per heavy atom. The first kappa shape index (κ1) is 15.5. The van der Waals surface area contributed by atoms with Crippen LogP contribution in [0.1, 0.15) is 27.2 Å². The van der Waals surface area contributed by atoms with Gasteiger partial charge in [0.2, 0.25) is 11.1 Å². The van der Waals surface area contributed by atoms with Crippen LogP contribution < -0.4 is 10.1 Å². The van der Waals surface area contributed by atoms with Crippen molar-refractivity contribution in [3.05, 3.63) is 6.33 Å². The summed E-state index contributed by atoms with van der Waals surface area (Å²) in [5.74, 6) is 0.507. The van der Waals surface area contributed by atoms with E-state index >= 15 is 0 Å². The molecule has 9 heteroatoms. The molecule has 0 aromatic carbocycles. The molecule has 0 fully saturated rings. The van der Waals surface area contributed by atoms with E-state index in [1.807, 2.05) is 20.9 Å². The van der Waals surface area contributed by atoms with Crippen LogP contribution in [0.3, 0.4) is 0 Å². The normalized spacial score (nSPS) is 10.9. The minimum atomic E-state index is -0.000830. The second-order valence-corrected chi connectivity index (χ2v) is 5.58. The number of hydrogen-bond donors (Lipinski definition) is 1. The van der Waals surface area contributed by atoms with Gasteiger partial charge < -0.3 is 14.6 Å². The molecule has 2 rings (SSSR count). The van der Waals surface area contributed by atoms with Crippen molar-refractivity contribution in [2.75, 3.05) is 11.9 Å². The lowest BCUT2D eigenvalue weighted by Crippen LogP contribution is -2.12. The quantitative estimate of drug-likeness (QED) is 0.827. The number of aryl methyl sites for hydroxylation is 1. The molecule has 0 spiro atoms. The van der Waals surface area contributed by atoms with E-state index in [2.05, 4.69) is 37.4 Å². The zero-order valence-corrected chi connectivity index (χ0v) is 13.4. The molecular formula is C12H19N7OS. The van der Waals surface area contributed by atoms with E-state index in [4.69, 9.17) is 4.74 Å². The third kappa shape index (κ3) is 4.55. The molecule has 2 aromatic heterocycles. The van der Waals surface area contributed by atoms with E-state index in [-0.39, 0.29) is 6.10 Å². The first-order chi connectivity index (χ1) is 10.1. The van der Waals surface area contributed by atoms with Gasteiger partial charge >= 0.3 is 6.01 Å². The minimum absolute atomic E-state index is 0.000830. The summed E-state index contributed by atoms with van der Waals surface area (Å²) >= 11 is 1.32. The first-order valence-electron chi connectivity index (χ1n) is 6.77. The number of rotatable bonds is 7. The average molecular weight is 309 g/mol. The Kier molecular flexibility index (Phi) is 5.32. The Hall–Kier alpha value is -1.90. The summed E-state index contributed by atoms with van der Waals surface area (Å²) in [6, 6.07) is 0.309. The maximum Gasteiger partial charge on any atom is 0.322 e. The molecule has 0 radical (unpaired) electrons. The highest BCUT2D eigenvalue weighted by atomic mass is 32.2. The van der Waals surface area contributed by atoms with E-state index in [1.165, 1.54) is 11.8 Å². The van der Waals surface area contributed by atoms with Crippen LogP contribution in [0.25, 0.3) is 0 Å². The van der Waals surface area contributed by atoms with Crippen molar-refractivity contribution >= 4 is 17.7 Å². The Morgan fingerprint density at radius 1 is 1.33 bits per heavy atom. The molecule has 0 saturated heterocycles. The van der Waals surface area contributed by atoms with Gasteiger partial charge in [0.15, 0.2) is 5.16 Å². The predicted octanol–water partition coefficient (Wildman–Crippen LogP) is 1.76. The summed E-state index contributed by atoms with van der Waals surface area (Å²) in [5, 5.41) is 12.2. The molecule has 8 nitrogen and oxygen atoms in total. The van der Waals surface area contributed by atoms with E-state index in [1.54, 1.807) is 10.9 Å². The van der Waals surface area contributed by atoms with E-state index in [0.717, 1.165) is 13.0 Å². The van der Waals surface area contributed by atoms with Crippen LogP contribution in [-0.2, 0) is 7.05 Å². The van der Waals surface area contributed by atoms with Crippen LogP contribution in [0.5, 0.6) is 6.01 Å².